The lowest BCUT2D eigenvalue weighted by atomic mass is 9.90. The Balaban J connectivity index is 2.20. The highest BCUT2D eigenvalue weighted by atomic mass is 16.2. The minimum atomic E-state index is -0.656. The van der Waals surface area contributed by atoms with E-state index in [1.54, 1.807) is 4.90 Å². The van der Waals surface area contributed by atoms with Gasteiger partial charge in [-0.25, -0.2) is 4.79 Å². The molecule has 2 unspecified atom stereocenters. The van der Waals surface area contributed by atoms with Crippen molar-refractivity contribution in [1.82, 2.24) is 14.9 Å². The molecule has 0 aromatic carbocycles. The summed E-state index contributed by atoms with van der Waals surface area (Å²) in [5.74, 6) is -0.109. The number of nitrogens with two attached hydrogens (primary N) is 1. The highest BCUT2D eigenvalue weighted by Crippen LogP contribution is 2.19. The van der Waals surface area contributed by atoms with Crippen molar-refractivity contribution in [2.45, 2.75) is 25.8 Å². The summed E-state index contributed by atoms with van der Waals surface area (Å²) in [7, 11) is 0. The average molecular weight is 266 g/mol. The largest absolute Gasteiger partial charge is 0.338 e. The molecule has 0 saturated carbocycles. The van der Waals surface area contributed by atoms with E-state index in [1.165, 1.54) is 6.20 Å². The van der Waals surface area contributed by atoms with Crippen LogP contribution >= 0.6 is 0 Å². The van der Waals surface area contributed by atoms with Gasteiger partial charge >= 0.3 is 5.69 Å². The van der Waals surface area contributed by atoms with Gasteiger partial charge in [0.2, 0.25) is 0 Å². The van der Waals surface area contributed by atoms with Gasteiger partial charge in [-0.2, -0.15) is 0 Å². The van der Waals surface area contributed by atoms with Crippen molar-refractivity contribution in [3.63, 3.8) is 0 Å². The SMILES string of the molecule is CCC1CN(C(=O)c2c[nH]c(=O)[nH]c2=O)CCC1N. The maximum absolute atomic E-state index is 12.2. The predicted molar refractivity (Wildman–Crippen MR) is 70.0 cm³/mol. The van der Waals surface area contributed by atoms with Gasteiger partial charge in [-0.3, -0.25) is 14.6 Å². The van der Waals surface area contributed by atoms with Gasteiger partial charge in [0.15, 0.2) is 0 Å². The summed E-state index contributed by atoms with van der Waals surface area (Å²) < 4.78 is 0. The van der Waals surface area contributed by atoms with E-state index < -0.39 is 11.2 Å². The van der Waals surface area contributed by atoms with Gasteiger partial charge < -0.3 is 15.6 Å². The number of nitrogens with zero attached hydrogens (tertiary/aromatic N) is 1. The maximum atomic E-state index is 12.2. The number of hydrogen-bond donors (Lipinski definition) is 3. The lowest BCUT2D eigenvalue weighted by molar-refractivity contribution is 0.0647. The van der Waals surface area contributed by atoms with Crippen molar-refractivity contribution in [2.75, 3.05) is 13.1 Å². The first kappa shape index (κ1) is 13.5. The van der Waals surface area contributed by atoms with E-state index in [2.05, 4.69) is 9.97 Å². The molecule has 19 heavy (non-hydrogen) atoms. The predicted octanol–water partition coefficient (Wildman–Crippen LogP) is -0.737. The van der Waals surface area contributed by atoms with E-state index in [0.29, 0.717) is 13.1 Å². The van der Waals surface area contributed by atoms with E-state index in [0.717, 1.165) is 12.8 Å². The van der Waals surface area contributed by atoms with Crippen LogP contribution in [-0.2, 0) is 0 Å². The first-order valence-electron chi connectivity index (χ1n) is 6.39. The molecule has 2 heterocycles. The molecular weight excluding hydrogens is 248 g/mol. The van der Waals surface area contributed by atoms with Crippen LogP contribution in [0.25, 0.3) is 0 Å². The molecule has 2 rings (SSSR count). The summed E-state index contributed by atoms with van der Waals surface area (Å²) in [5.41, 5.74) is 4.68. The number of piperidine rings is 1. The van der Waals surface area contributed by atoms with Crippen LogP contribution in [0.3, 0.4) is 0 Å². The Hall–Kier alpha value is -1.89. The van der Waals surface area contributed by atoms with Crippen molar-refractivity contribution in [3.05, 3.63) is 32.6 Å². The second-order valence-corrected chi connectivity index (χ2v) is 4.86. The Kier molecular flexibility index (Phi) is 3.84. The van der Waals surface area contributed by atoms with E-state index in [9.17, 15) is 14.4 Å². The molecule has 0 aliphatic carbocycles. The van der Waals surface area contributed by atoms with Crippen LogP contribution in [0, 0.1) is 5.92 Å². The topological polar surface area (TPSA) is 112 Å². The van der Waals surface area contributed by atoms with Crippen molar-refractivity contribution in [2.24, 2.45) is 11.7 Å². The number of H-pyrrole nitrogens is 2. The number of carbonyl (C=O) groups is 1. The molecule has 1 aliphatic rings. The van der Waals surface area contributed by atoms with Gasteiger partial charge in [-0.1, -0.05) is 13.3 Å². The van der Waals surface area contributed by atoms with E-state index in [-0.39, 0.29) is 23.4 Å². The zero-order valence-electron chi connectivity index (χ0n) is 10.8. The minimum absolute atomic E-state index is 0.0371. The van der Waals surface area contributed by atoms with Crippen molar-refractivity contribution in [1.29, 1.82) is 0 Å². The number of aromatic amines is 2. The minimum Gasteiger partial charge on any atom is -0.338 e. The molecule has 1 fully saturated rings. The van der Waals surface area contributed by atoms with Crippen molar-refractivity contribution >= 4 is 5.91 Å². The van der Waals surface area contributed by atoms with Crippen molar-refractivity contribution < 1.29 is 4.79 Å². The summed E-state index contributed by atoms with van der Waals surface area (Å²) in [6.45, 7) is 3.12. The number of nitrogens with one attached hydrogen (secondary N) is 2. The number of aromatic nitrogens is 2. The average Bonchev–Trinajstić information content (AvgIpc) is 2.38. The van der Waals surface area contributed by atoms with E-state index >= 15 is 0 Å². The zero-order chi connectivity index (χ0) is 14.0. The van der Waals surface area contributed by atoms with Crippen LogP contribution in [-0.4, -0.2) is 39.9 Å². The second kappa shape index (κ2) is 5.40. The van der Waals surface area contributed by atoms with Crippen molar-refractivity contribution in [3.8, 4) is 0 Å². The van der Waals surface area contributed by atoms with Crippen LogP contribution < -0.4 is 17.0 Å². The molecule has 0 bridgehead atoms. The fourth-order valence-electron chi connectivity index (χ4n) is 2.41. The molecule has 1 aliphatic heterocycles. The smallest absolute Gasteiger partial charge is 0.325 e. The van der Waals surface area contributed by atoms with Gasteiger partial charge in [-0.05, 0) is 12.3 Å². The van der Waals surface area contributed by atoms with Crippen LogP contribution in [0.15, 0.2) is 15.8 Å². The third-order valence-corrected chi connectivity index (χ3v) is 3.65. The Labute approximate surface area is 109 Å². The molecule has 2 atom stereocenters. The van der Waals surface area contributed by atoms with Gasteiger partial charge in [0.25, 0.3) is 11.5 Å². The van der Waals surface area contributed by atoms with E-state index in [1.807, 2.05) is 6.92 Å². The van der Waals surface area contributed by atoms with Gasteiger partial charge in [-0.15, -0.1) is 0 Å². The molecule has 0 radical (unpaired) electrons. The summed E-state index contributed by atoms with van der Waals surface area (Å²) in [6, 6.07) is 0.0999. The molecule has 4 N–H and O–H groups in total. The molecule has 1 amide bonds. The lowest BCUT2D eigenvalue weighted by Gasteiger charge is -2.36. The standard InChI is InChI=1S/C12H18N4O3/c1-2-7-6-16(4-3-9(7)13)11(18)8-5-14-12(19)15-10(8)17/h5,7,9H,2-4,6,13H2,1H3,(H2,14,15,17,19). The molecule has 1 aromatic heterocycles. The molecule has 0 spiro atoms. The normalized spacial score (nSPS) is 23.4. The summed E-state index contributed by atoms with van der Waals surface area (Å²) >= 11 is 0. The van der Waals surface area contributed by atoms with Crippen LogP contribution in [0.2, 0.25) is 0 Å². The van der Waals surface area contributed by atoms with Gasteiger partial charge in [0, 0.05) is 25.3 Å². The maximum Gasteiger partial charge on any atom is 0.325 e. The zero-order valence-corrected chi connectivity index (χ0v) is 10.8. The third kappa shape index (κ3) is 2.76. The fraction of sp³-hybridized carbons (Fsp3) is 0.583. The van der Waals surface area contributed by atoms with Gasteiger partial charge in [0.05, 0.1) is 0 Å². The Bertz CT molecular complexity index is 577. The number of rotatable bonds is 2. The Morgan fingerprint density at radius 3 is 2.89 bits per heavy atom. The molecular formula is C12H18N4O3. The molecule has 1 aromatic rings. The molecule has 7 heteroatoms. The van der Waals surface area contributed by atoms with Crippen LogP contribution in [0.4, 0.5) is 0 Å². The Morgan fingerprint density at radius 1 is 1.53 bits per heavy atom. The Morgan fingerprint density at radius 2 is 2.26 bits per heavy atom. The quantitative estimate of drug-likeness (QED) is 0.654. The number of amides is 1. The lowest BCUT2D eigenvalue weighted by Crippen LogP contribution is -2.50. The summed E-state index contributed by atoms with van der Waals surface area (Å²) in [5, 5.41) is 0. The monoisotopic (exact) mass is 266 g/mol. The fourth-order valence-corrected chi connectivity index (χ4v) is 2.41. The third-order valence-electron chi connectivity index (χ3n) is 3.65. The molecule has 7 nitrogen and oxygen atoms in total. The number of hydrogen-bond acceptors (Lipinski definition) is 4. The molecule has 104 valence electrons. The summed E-state index contributed by atoms with van der Waals surface area (Å²) in [4.78, 5) is 40.8. The highest BCUT2D eigenvalue weighted by molar-refractivity contribution is 5.93. The molecule has 1 saturated heterocycles. The van der Waals surface area contributed by atoms with Crippen LogP contribution in [0.1, 0.15) is 30.1 Å². The first-order chi connectivity index (χ1) is 9.02. The van der Waals surface area contributed by atoms with E-state index in [4.69, 9.17) is 5.73 Å². The second-order valence-electron chi connectivity index (χ2n) is 4.86. The number of likely N-dealkylation sites (tertiary alicyclic amines) is 1. The summed E-state index contributed by atoms with van der Waals surface area (Å²) in [6.07, 6.45) is 2.79. The van der Waals surface area contributed by atoms with Crippen LogP contribution in [0.5, 0.6) is 0 Å². The van der Waals surface area contributed by atoms with Gasteiger partial charge in [0.1, 0.15) is 5.56 Å². The number of carbonyl (C=O) groups excluding carboxylic acids is 1. The highest BCUT2D eigenvalue weighted by Gasteiger charge is 2.29. The first-order valence-corrected chi connectivity index (χ1v) is 6.39.